The molecule has 114 valence electrons. The second-order valence-electron chi connectivity index (χ2n) is 4.93. The Balaban J connectivity index is 3.12. The predicted octanol–water partition coefficient (Wildman–Crippen LogP) is 4.14. The number of hydrogen-bond donors (Lipinski definition) is 0. The Morgan fingerprint density at radius 2 is 2.05 bits per heavy atom. The van der Waals surface area contributed by atoms with Crippen molar-refractivity contribution in [3.05, 3.63) is 46.0 Å². The van der Waals surface area contributed by atoms with E-state index >= 15 is 0 Å². The number of benzene rings is 1. The lowest BCUT2D eigenvalue weighted by atomic mass is 9.96. The molecule has 21 heavy (non-hydrogen) atoms. The van der Waals surface area contributed by atoms with Crippen LogP contribution in [0.4, 0.5) is 0 Å². The molecule has 0 heterocycles. The molecule has 0 atom stereocenters. The Morgan fingerprint density at radius 1 is 1.33 bits per heavy atom. The molecule has 0 saturated heterocycles. The molecule has 0 aliphatic carbocycles. The van der Waals surface area contributed by atoms with Crippen molar-refractivity contribution in [3.8, 4) is 5.75 Å². The summed E-state index contributed by atoms with van der Waals surface area (Å²) in [5.41, 5.74) is 4.37. The summed E-state index contributed by atoms with van der Waals surface area (Å²) < 4.78 is 31.7. The summed E-state index contributed by atoms with van der Waals surface area (Å²) >= 11 is 0. The number of carbonyl (C=O) groups is 1. The van der Waals surface area contributed by atoms with Gasteiger partial charge in [0.1, 0.15) is 5.75 Å². The maximum absolute atomic E-state index is 11.4. The monoisotopic (exact) mass is 291 g/mol. The van der Waals surface area contributed by atoms with Gasteiger partial charge in [0, 0.05) is 6.08 Å². The van der Waals surface area contributed by atoms with E-state index in [2.05, 4.69) is 0 Å². The first-order valence-corrected chi connectivity index (χ1v) is 6.88. The molecule has 0 aliphatic heterocycles. The first-order chi connectivity index (χ1) is 11.0. The van der Waals surface area contributed by atoms with Crippen LogP contribution in [-0.2, 0) is 9.53 Å². The average molecular weight is 291 g/mol. The van der Waals surface area contributed by atoms with Gasteiger partial charge in [0.25, 0.3) is 0 Å². The van der Waals surface area contributed by atoms with Gasteiger partial charge in [0.05, 0.1) is 17.8 Å². The Labute approximate surface area is 131 Å². The molecular weight excluding hydrogens is 264 g/mol. The van der Waals surface area contributed by atoms with Gasteiger partial charge in [-0.15, -0.1) is 0 Å². The molecule has 0 saturated carbocycles. The van der Waals surface area contributed by atoms with E-state index in [1.54, 1.807) is 13.0 Å². The minimum atomic E-state index is -2.47. The summed E-state index contributed by atoms with van der Waals surface area (Å²) in [4.78, 5) is 11.4. The quantitative estimate of drug-likeness (QED) is 0.464. The zero-order valence-electron chi connectivity index (χ0n) is 16.2. The van der Waals surface area contributed by atoms with Gasteiger partial charge in [-0.3, -0.25) is 0 Å². The van der Waals surface area contributed by atoms with Crippen molar-refractivity contribution < 1.29 is 18.4 Å². The number of ether oxygens (including phenoxy) is 2. The molecule has 3 heteroatoms. The van der Waals surface area contributed by atoms with Crippen LogP contribution in [0.2, 0.25) is 0 Å². The van der Waals surface area contributed by atoms with Crippen molar-refractivity contribution in [1.82, 2.24) is 0 Å². The third-order valence-electron chi connectivity index (χ3n) is 3.36. The summed E-state index contributed by atoms with van der Waals surface area (Å²) in [7, 11) is -2.47. The Bertz CT molecular complexity index is 671. The molecule has 0 aliphatic rings. The summed E-state index contributed by atoms with van der Waals surface area (Å²) in [6.45, 7) is 9.55. The number of hydrogen-bond acceptors (Lipinski definition) is 3. The lowest BCUT2D eigenvalue weighted by Crippen LogP contribution is -1.99. The largest absolute Gasteiger partial charge is 0.496 e. The van der Waals surface area contributed by atoms with Crippen LogP contribution in [0.15, 0.2) is 23.8 Å². The third-order valence-corrected chi connectivity index (χ3v) is 3.36. The Hall–Kier alpha value is -2.03. The molecule has 0 spiro atoms. The van der Waals surface area contributed by atoms with Gasteiger partial charge < -0.3 is 9.47 Å². The number of rotatable bonds is 5. The first kappa shape index (κ1) is 12.7. The van der Waals surface area contributed by atoms with Crippen molar-refractivity contribution in [2.75, 3.05) is 13.6 Å². The maximum Gasteiger partial charge on any atom is 0.330 e. The van der Waals surface area contributed by atoms with E-state index in [-0.39, 0.29) is 5.97 Å². The highest BCUT2D eigenvalue weighted by Crippen LogP contribution is 2.28. The van der Waals surface area contributed by atoms with Crippen LogP contribution < -0.4 is 4.74 Å². The van der Waals surface area contributed by atoms with E-state index in [0.29, 0.717) is 12.4 Å². The van der Waals surface area contributed by atoms with Crippen LogP contribution in [0.1, 0.15) is 40.2 Å². The maximum atomic E-state index is 11.4. The van der Waals surface area contributed by atoms with Gasteiger partial charge >= 0.3 is 5.97 Å². The highest BCUT2D eigenvalue weighted by atomic mass is 16.5. The van der Waals surface area contributed by atoms with E-state index < -0.39 is 7.04 Å². The van der Waals surface area contributed by atoms with E-state index in [4.69, 9.17) is 13.6 Å². The fourth-order valence-corrected chi connectivity index (χ4v) is 2.06. The fraction of sp³-hybridized carbons (Fsp3) is 0.389. The minimum Gasteiger partial charge on any atom is -0.496 e. The molecule has 0 radical (unpaired) electrons. The molecule has 0 N–H and O–H groups in total. The lowest BCUT2D eigenvalue weighted by molar-refractivity contribution is -0.137. The van der Waals surface area contributed by atoms with Crippen LogP contribution in [0.5, 0.6) is 5.75 Å². The average Bonchev–Trinajstić information content (AvgIpc) is 2.43. The van der Waals surface area contributed by atoms with Crippen molar-refractivity contribution in [2.24, 2.45) is 0 Å². The van der Waals surface area contributed by atoms with Crippen LogP contribution in [-0.4, -0.2) is 19.6 Å². The molecule has 3 nitrogen and oxygen atoms in total. The lowest BCUT2D eigenvalue weighted by Gasteiger charge is -2.13. The second-order valence-corrected chi connectivity index (χ2v) is 4.93. The zero-order chi connectivity index (χ0) is 18.5. The molecule has 0 bridgehead atoms. The summed E-state index contributed by atoms with van der Waals surface area (Å²) in [6.07, 6.45) is 5.17. The van der Waals surface area contributed by atoms with Crippen LogP contribution in [0.25, 0.3) is 6.08 Å². The topological polar surface area (TPSA) is 35.5 Å². The van der Waals surface area contributed by atoms with Crippen LogP contribution in [0, 0.1) is 20.8 Å². The van der Waals surface area contributed by atoms with Gasteiger partial charge in [0.2, 0.25) is 0 Å². The molecule has 1 rings (SSSR count). The minimum absolute atomic E-state index is 0.342. The van der Waals surface area contributed by atoms with Gasteiger partial charge in [-0.25, -0.2) is 4.79 Å². The van der Waals surface area contributed by atoms with E-state index in [1.807, 2.05) is 39.8 Å². The van der Waals surface area contributed by atoms with Crippen molar-refractivity contribution >= 4 is 12.0 Å². The number of allylic oxidation sites excluding steroid dienone is 2. The fourth-order valence-electron chi connectivity index (χ4n) is 2.06. The zero-order valence-corrected chi connectivity index (χ0v) is 13.2. The van der Waals surface area contributed by atoms with E-state index in [0.717, 1.165) is 27.8 Å². The normalized spacial score (nSPS) is 14.5. The summed E-state index contributed by atoms with van der Waals surface area (Å²) in [6, 6.07) is 1.72. The number of esters is 1. The van der Waals surface area contributed by atoms with Crippen LogP contribution in [0.3, 0.4) is 0 Å². The summed E-state index contributed by atoms with van der Waals surface area (Å²) in [5.74, 6) is -0.00774. The molecule has 1 aromatic rings. The molecule has 0 unspecified atom stereocenters. The highest BCUT2D eigenvalue weighted by Gasteiger charge is 2.08. The van der Waals surface area contributed by atoms with Crippen molar-refractivity contribution in [3.63, 3.8) is 0 Å². The number of methoxy groups -OCH3 is 1. The highest BCUT2D eigenvalue weighted by molar-refractivity contribution is 5.83. The molecule has 0 amide bonds. The SMILES string of the molecule is [2H]C([2H])([2H])Oc1cc(C)c(C=CC(C)=CC(=O)OCC)c(C)c1C. The first-order valence-electron chi connectivity index (χ1n) is 8.38. The summed E-state index contributed by atoms with van der Waals surface area (Å²) in [5, 5.41) is 0. The molecule has 0 aromatic heterocycles. The van der Waals surface area contributed by atoms with E-state index in [1.165, 1.54) is 6.08 Å². The second kappa shape index (κ2) is 7.67. The standard InChI is InChI=1S/C18H24O3/c1-7-21-18(19)10-12(2)8-9-16-13(3)11-17(20-6)15(5)14(16)4/h8-11H,7H2,1-6H3/i6D3. The van der Waals surface area contributed by atoms with E-state index in [9.17, 15) is 4.79 Å². The van der Waals surface area contributed by atoms with Gasteiger partial charge in [-0.2, -0.15) is 0 Å². The smallest absolute Gasteiger partial charge is 0.330 e. The Morgan fingerprint density at radius 3 is 2.67 bits per heavy atom. The molecule has 0 fully saturated rings. The number of aryl methyl sites for hydroxylation is 1. The van der Waals surface area contributed by atoms with Crippen LogP contribution >= 0.6 is 0 Å². The third kappa shape index (κ3) is 4.48. The molecule has 1 aromatic carbocycles. The van der Waals surface area contributed by atoms with Crippen molar-refractivity contribution in [2.45, 2.75) is 34.6 Å². The van der Waals surface area contributed by atoms with Crippen molar-refractivity contribution in [1.29, 1.82) is 0 Å². The molecular formula is C18H24O3. The number of carbonyl (C=O) groups excluding carboxylic acids is 1. The van der Waals surface area contributed by atoms with Gasteiger partial charge in [-0.1, -0.05) is 12.2 Å². The van der Waals surface area contributed by atoms with Gasteiger partial charge in [-0.05, 0) is 68.5 Å². The predicted molar refractivity (Wildman–Crippen MR) is 86.6 cm³/mol. The van der Waals surface area contributed by atoms with Gasteiger partial charge in [0.15, 0.2) is 0 Å². The Kier molecular flexibility index (Phi) is 4.64.